The summed E-state index contributed by atoms with van der Waals surface area (Å²) in [6.07, 6.45) is 0.262. The van der Waals surface area contributed by atoms with Gasteiger partial charge in [0.05, 0.1) is 6.61 Å². The number of ether oxygens (including phenoxy) is 1. The van der Waals surface area contributed by atoms with Crippen molar-refractivity contribution in [3.05, 3.63) is 35.6 Å². The Balaban J connectivity index is 2.43. The molecule has 1 unspecified atom stereocenters. The van der Waals surface area contributed by atoms with Crippen LogP contribution in [-0.4, -0.2) is 18.3 Å². The fourth-order valence-corrected chi connectivity index (χ4v) is 1.12. The molecule has 0 aliphatic carbocycles. The van der Waals surface area contributed by atoms with Gasteiger partial charge in [-0.3, -0.25) is 0 Å². The van der Waals surface area contributed by atoms with Crippen molar-refractivity contribution >= 4 is 0 Å². The van der Waals surface area contributed by atoms with Crippen LogP contribution in [0.2, 0.25) is 0 Å². The minimum atomic E-state index is -0.665. The first-order chi connectivity index (χ1) is 6.74. The van der Waals surface area contributed by atoms with E-state index in [2.05, 4.69) is 0 Å². The van der Waals surface area contributed by atoms with E-state index in [0.29, 0.717) is 12.2 Å². The van der Waals surface area contributed by atoms with E-state index in [1.54, 1.807) is 12.1 Å². The highest BCUT2D eigenvalue weighted by Gasteiger charge is 2.06. The molecule has 1 atom stereocenters. The average Bonchev–Trinajstić information content (AvgIpc) is 2.19. The van der Waals surface area contributed by atoms with Gasteiger partial charge in [-0.2, -0.15) is 0 Å². The number of aliphatic hydroxyl groups excluding tert-OH is 1. The van der Waals surface area contributed by atoms with Gasteiger partial charge in [-0.1, -0.05) is 19.1 Å². The Hall–Kier alpha value is -0.930. The van der Waals surface area contributed by atoms with E-state index in [0.717, 1.165) is 6.42 Å². The largest absolute Gasteiger partial charge is 0.386 e. The number of benzene rings is 1. The summed E-state index contributed by atoms with van der Waals surface area (Å²) in [5.74, 6) is -0.296. The summed E-state index contributed by atoms with van der Waals surface area (Å²) in [7, 11) is 0. The molecule has 1 aromatic rings. The second-order valence-electron chi connectivity index (χ2n) is 3.14. The van der Waals surface area contributed by atoms with Gasteiger partial charge in [0.1, 0.15) is 11.9 Å². The number of rotatable bonds is 5. The minimum Gasteiger partial charge on any atom is -0.386 e. The summed E-state index contributed by atoms with van der Waals surface area (Å²) < 4.78 is 17.7. The summed E-state index contributed by atoms with van der Waals surface area (Å²) in [6, 6.07) is 5.79. The molecular formula is C11H15FO2. The Morgan fingerprint density at radius 1 is 1.36 bits per heavy atom. The molecule has 0 aliphatic rings. The average molecular weight is 198 g/mol. The molecule has 0 radical (unpaired) electrons. The molecule has 0 aromatic heterocycles. The van der Waals surface area contributed by atoms with E-state index in [-0.39, 0.29) is 12.4 Å². The quantitative estimate of drug-likeness (QED) is 0.735. The normalized spacial score (nSPS) is 12.8. The number of aliphatic hydroxyl groups is 1. The first-order valence-corrected chi connectivity index (χ1v) is 4.75. The lowest BCUT2D eigenvalue weighted by atomic mass is 10.1. The highest BCUT2D eigenvalue weighted by molar-refractivity contribution is 5.18. The Morgan fingerprint density at radius 2 is 2.00 bits per heavy atom. The third kappa shape index (κ3) is 3.44. The third-order valence-corrected chi connectivity index (χ3v) is 1.88. The summed E-state index contributed by atoms with van der Waals surface area (Å²) in [4.78, 5) is 0. The summed E-state index contributed by atoms with van der Waals surface area (Å²) in [5, 5.41) is 9.59. The molecular weight excluding hydrogens is 183 g/mol. The summed E-state index contributed by atoms with van der Waals surface area (Å²) >= 11 is 0. The van der Waals surface area contributed by atoms with Gasteiger partial charge >= 0.3 is 0 Å². The molecule has 2 nitrogen and oxygen atoms in total. The minimum absolute atomic E-state index is 0.263. The van der Waals surface area contributed by atoms with Crippen molar-refractivity contribution in [2.24, 2.45) is 0 Å². The second-order valence-corrected chi connectivity index (χ2v) is 3.14. The van der Waals surface area contributed by atoms with Crippen molar-refractivity contribution in [3.8, 4) is 0 Å². The van der Waals surface area contributed by atoms with Crippen LogP contribution in [0.15, 0.2) is 24.3 Å². The van der Waals surface area contributed by atoms with Crippen molar-refractivity contribution < 1.29 is 14.2 Å². The van der Waals surface area contributed by atoms with Crippen molar-refractivity contribution in [2.45, 2.75) is 19.4 Å². The lowest BCUT2D eigenvalue weighted by Gasteiger charge is -2.10. The van der Waals surface area contributed by atoms with Gasteiger partial charge in [0, 0.05) is 6.61 Å². The van der Waals surface area contributed by atoms with Crippen LogP contribution >= 0.6 is 0 Å². The summed E-state index contributed by atoms with van der Waals surface area (Å²) in [6.45, 7) is 2.90. The molecule has 1 rings (SSSR count). The Labute approximate surface area is 83.3 Å². The second kappa shape index (κ2) is 5.73. The van der Waals surface area contributed by atoms with Gasteiger partial charge in [-0.15, -0.1) is 0 Å². The molecule has 0 aliphatic heterocycles. The van der Waals surface area contributed by atoms with Crippen LogP contribution in [0.4, 0.5) is 4.39 Å². The standard InChI is InChI=1S/C11H15FO2/c1-2-7-14-8-11(13)9-3-5-10(12)6-4-9/h3-6,11,13H,2,7-8H2,1H3. The van der Waals surface area contributed by atoms with Crippen LogP contribution in [0.25, 0.3) is 0 Å². The fourth-order valence-electron chi connectivity index (χ4n) is 1.12. The zero-order chi connectivity index (χ0) is 10.4. The number of hydrogen-bond donors (Lipinski definition) is 1. The SMILES string of the molecule is CCCOCC(O)c1ccc(F)cc1. The smallest absolute Gasteiger partial charge is 0.123 e. The van der Waals surface area contributed by atoms with E-state index < -0.39 is 6.10 Å². The van der Waals surface area contributed by atoms with E-state index >= 15 is 0 Å². The molecule has 0 heterocycles. The molecule has 1 aromatic carbocycles. The van der Waals surface area contributed by atoms with Crippen molar-refractivity contribution in [2.75, 3.05) is 13.2 Å². The van der Waals surface area contributed by atoms with Crippen molar-refractivity contribution in [3.63, 3.8) is 0 Å². The Kier molecular flexibility index (Phi) is 4.56. The highest BCUT2D eigenvalue weighted by Crippen LogP contribution is 2.13. The molecule has 0 amide bonds. The molecule has 78 valence electrons. The van der Waals surface area contributed by atoms with Gasteiger partial charge in [0.2, 0.25) is 0 Å². The zero-order valence-corrected chi connectivity index (χ0v) is 8.24. The predicted octanol–water partition coefficient (Wildman–Crippen LogP) is 2.29. The van der Waals surface area contributed by atoms with Crippen LogP contribution in [0.1, 0.15) is 25.0 Å². The van der Waals surface area contributed by atoms with E-state index in [1.807, 2.05) is 6.92 Å². The van der Waals surface area contributed by atoms with Crippen LogP contribution in [0, 0.1) is 5.82 Å². The summed E-state index contributed by atoms with van der Waals surface area (Å²) in [5.41, 5.74) is 0.683. The van der Waals surface area contributed by atoms with Crippen LogP contribution in [0.3, 0.4) is 0 Å². The van der Waals surface area contributed by atoms with Crippen LogP contribution in [0.5, 0.6) is 0 Å². The lowest BCUT2D eigenvalue weighted by Crippen LogP contribution is -2.07. The Bertz CT molecular complexity index is 258. The topological polar surface area (TPSA) is 29.5 Å². The number of halogens is 1. The maximum Gasteiger partial charge on any atom is 0.123 e. The molecule has 0 spiro atoms. The van der Waals surface area contributed by atoms with E-state index in [4.69, 9.17) is 4.74 Å². The molecule has 0 fully saturated rings. The molecule has 0 bridgehead atoms. The van der Waals surface area contributed by atoms with Gasteiger partial charge in [0.15, 0.2) is 0 Å². The zero-order valence-electron chi connectivity index (χ0n) is 8.24. The molecule has 0 saturated carbocycles. The molecule has 3 heteroatoms. The van der Waals surface area contributed by atoms with E-state index in [9.17, 15) is 9.50 Å². The van der Waals surface area contributed by atoms with Gasteiger partial charge in [-0.05, 0) is 24.1 Å². The van der Waals surface area contributed by atoms with Crippen molar-refractivity contribution in [1.82, 2.24) is 0 Å². The fraction of sp³-hybridized carbons (Fsp3) is 0.455. The van der Waals surface area contributed by atoms with Crippen LogP contribution in [-0.2, 0) is 4.74 Å². The molecule has 14 heavy (non-hydrogen) atoms. The molecule has 0 saturated heterocycles. The monoisotopic (exact) mass is 198 g/mol. The first kappa shape index (κ1) is 11.1. The van der Waals surface area contributed by atoms with Gasteiger partial charge in [-0.25, -0.2) is 4.39 Å². The van der Waals surface area contributed by atoms with Crippen LogP contribution < -0.4 is 0 Å². The Morgan fingerprint density at radius 3 is 2.57 bits per heavy atom. The third-order valence-electron chi connectivity index (χ3n) is 1.88. The van der Waals surface area contributed by atoms with Gasteiger partial charge in [0.25, 0.3) is 0 Å². The first-order valence-electron chi connectivity index (χ1n) is 4.75. The maximum absolute atomic E-state index is 12.5. The van der Waals surface area contributed by atoms with E-state index in [1.165, 1.54) is 12.1 Å². The lowest BCUT2D eigenvalue weighted by molar-refractivity contribution is 0.0363. The molecule has 1 N–H and O–H groups in total. The van der Waals surface area contributed by atoms with Crippen molar-refractivity contribution in [1.29, 1.82) is 0 Å². The maximum atomic E-state index is 12.5. The number of hydrogen-bond acceptors (Lipinski definition) is 2. The van der Waals surface area contributed by atoms with Gasteiger partial charge < -0.3 is 9.84 Å². The highest BCUT2D eigenvalue weighted by atomic mass is 19.1. The predicted molar refractivity (Wildman–Crippen MR) is 52.5 cm³/mol.